The number of carbonyl (C=O) groups excluding carboxylic acids is 1. The van der Waals surface area contributed by atoms with Crippen molar-refractivity contribution in [2.75, 3.05) is 14.2 Å². The van der Waals surface area contributed by atoms with Gasteiger partial charge in [0.1, 0.15) is 11.5 Å². The highest BCUT2D eigenvalue weighted by Crippen LogP contribution is 2.28. The minimum atomic E-state index is -0.208. The maximum Gasteiger partial charge on any atom is 0.252 e. The summed E-state index contributed by atoms with van der Waals surface area (Å²) in [5, 5.41) is 5.17. The van der Waals surface area contributed by atoms with E-state index in [1.807, 2.05) is 17.5 Å². The number of benzene rings is 2. The fraction of sp³-hybridized carbons (Fsp3) is 0.227. The highest BCUT2D eigenvalue weighted by molar-refractivity contribution is 7.10. The number of amides is 1. The minimum absolute atomic E-state index is 0.176. The molecule has 3 aromatic rings. The van der Waals surface area contributed by atoms with Crippen molar-refractivity contribution in [2.24, 2.45) is 0 Å². The van der Waals surface area contributed by atoms with Gasteiger partial charge in [-0.2, -0.15) is 0 Å². The Morgan fingerprint density at radius 2 is 1.70 bits per heavy atom. The van der Waals surface area contributed by atoms with Crippen molar-refractivity contribution in [1.82, 2.24) is 5.32 Å². The van der Waals surface area contributed by atoms with Crippen molar-refractivity contribution >= 4 is 17.2 Å². The van der Waals surface area contributed by atoms with E-state index in [9.17, 15) is 4.79 Å². The Balaban J connectivity index is 1.91. The lowest BCUT2D eigenvalue weighted by Crippen LogP contribution is -2.28. The molecule has 1 heterocycles. The van der Waals surface area contributed by atoms with E-state index in [0.29, 0.717) is 17.1 Å². The van der Waals surface area contributed by atoms with E-state index in [0.717, 1.165) is 16.9 Å². The molecule has 4 nitrogen and oxygen atoms in total. The van der Waals surface area contributed by atoms with Gasteiger partial charge in [-0.25, -0.2) is 0 Å². The van der Waals surface area contributed by atoms with Crippen molar-refractivity contribution in [3.05, 3.63) is 81.5 Å². The molecule has 0 spiro atoms. The van der Waals surface area contributed by atoms with E-state index in [4.69, 9.17) is 9.47 Å². The van der Waals surface area contributed by atoms with Crippen LogP contribution in [0.25, 0.3) is 0 Å². The van der Waals surface area contributed by atoms with Gasteiger partial charge in [-0.05, 0) is 41.1 Å². The number of hydrogen-bond donors (Lipinski definition) is 1. The molecule has 2 aromatic carbocycles. The fourth-order valence-corrected chi connectivity index (χ4v) is 3.68. The van der Waals surface area contributed by atoms with E-state index in [1.54, 1.807) is 43.8 Å². The summed E-state index contributed by atoms with van der Waals surface area (Å²) < 4.78 is 10.6. The van der Waals surface area contributed by atoms with Crippen molar-refractivity contribution in [3.8, 4) is 11.5 Å². The number of aryl methyl sites for hydroxylation is 1. The normalized spacial score (nSPS) is 11.7. The topological polar surface area (TPSA) is 47.6 Å². The van der Waals surface area contributed by atoms with Crippen LogP contribution in [0, 0.1) is 0 Å². The lowest BCUT2D eigenvalue weighted by atomic mass is 10.0. The van der Waals surface area contributed by atoms with Gasteiger partial charge >= 0.3 is 0 Å². The van der Waals surface area contributed by atoms with Gasteiger partial charge in [0.2, 0.25) is 0 Å². The van der Waals surface area contributed by atoms with Crippen LogP contribution in [0.2, 0.25) is 0 Å². The molecular weight excluding hydrogens is 358 g/mol. The number of nitrogens with one attached hydrogen (secondary N) is 1. The fourth-order valence-electron chi connectivity index (χ4n) is 2.87. The quantitative estimate of drug-likeness (QED) is 0.637. The lowest BCUT2D eigenvalue weighted by Gasteiger charge is -2.19. The van der Waals surface area contributed by atoms with Crippen LogP contribution in [0.4, 0.5) is 0 Å². The first-order chi connectivity index (χ1) is 13.1. The molecule has 1 N–H and O–H groups in total. The smallest absolute Gasteiger partial charge is 0.252 e. The van der Waals surface area contributed by atoms with Crippen LogP contribution < -0.4 is 14.8 Å². The van der Waals surface area contributed by atoms with Crippen LogP contribution in [-0.2, 0) is 6.42 Å². The number of hydrogen-bond acceptors (Lipinski definition) is 4. The van der Waals surface area contributed by atoms with Crippen LogP contribution in [0.5, 0.6) is 11.5 Å². The van der Waals surface area contributed by atoms with E-state index < -0.39 is 0 Å². The minimum Gasteiger partial charge on any atom is -0.497 e. The molecule has 27 heavy (non-hydrogen) atoms. The van der Waals surface area contributed by atoms with Crippen LogP contribution in [0.15, 0.2) is 60.0 Å². The Kier molecular flexibility index (Phi) is 6.14. The number of rotatable bonds is 7. The second kappa shape index (κ2) is 8.73. The molecule has 0 saturated carbocycles. The van der Waals surface area contributed by atoms with Gasteiger partial charge in [0.25, 0.3) is 5.91 Å². The largest absolute Gasteiger partial charge is 0.497 e. The zero-order chi connectivity index (χ0) is 19.2. The highest BCUT2D eigenvalue weighted by Gasteiger charge is 2.20. The van der Waals surface area contributed by atoms with Crippen LogP contribution in [-0.4, -0.2) is 20.1 Å². The molecule has 0 unspecified atom stereocenters. The Morgan fingerprint density at radius 3 is 2.22 bits per heavy atom. The number of ether oxygens (including phenoxy) is 2. The average molecular weight is 381 g/mol. The molecule has 1 aromatic heterocycles. The van der Waals surface area contributed by atoms with Gasteiger partial charge in [0.15, 0.2) is 0 Å². The highest BCUT2D eigenvalue weighted by atomic mass is 32.1. The predicted octanol–water partition coefficient (Wildman–Crippen LogP) is 4.85. The molecular formula is C22H23NO3S. The molecule has 0 bridgehead atoms. The number of carbonyl (C=O) groups is 1. The molecule has 0 aliphatic carbocycles. The Hall–Kier alpha value is -2.79. The van der Waals surface area contributed by atoms with Crippen LogP contribution in [0.1, 0.15) is 39.3 Å². The van der Waals surface area contributed by atoms with Crippen molar-refractivity contribution in [3.63, 3.8) is 0 Å². The summed E-state index contributed by atoms with van der Waals surface area (Å²) in [5.41, 5.74) is 2.82. The van der Waals surface area contributed by atoms with Gasteiger partial charge in [-0.1, -0.05) is 37.3 Å². The van der Waals surface area contributed by atoms with E-state index in [-0.39, 0.29) is 11.9 Å². The molecule has 5 heteroatoms. The molecule has 0 aliphatic heterocycles. The third kappa shape index (κ3) is 4.49. The van der Waals surface area contributed by atoms with Crippen LogP contribution in [0.3, 0.4) is 0 Å². The molecule has 1 amide bonds. The third-order valence-electron chi connectivity index (χ3n) is 4.44. The van der Waals surface area contributed by atoms with Crippen molar-refractivity contribution in [2.45, 2.75) is 19.4 Å². The Bertz CT molecular complexity index is 866. The Morgan fingerprint density at radius 1 is 1.04 bits per heavy atom. The first kappa shape index (κ1) is 19.0. The molecule has 1 atom stereocenters. The first-order valence-electron chi connectivity index (χ1n) is 8.80. The predicted molar refractivity (Wildman–Crippen MR) is 109 cm³/mol. The van der Waals surface area contributed by atoms with E-state index in [2.05, 4.69) is 36.5 Å². The standard InChI is InChI=1S/C22H23NO3S/c1-4-15-7-9-16(10-8-15)21(20-6-5-11-27-20)23-22(24)17-12-18(25-2)14-19(13-17)26-3/h5-14,21H,4H2,1-3H3,(H,23,24)/t21-/m1/s1. The first-order valence-corrected chi connectivity index (χ1v) is 9.68. The second-order valence-electron chi connectivity index (χ2n) is 6.12. The summed E-state index contributed by atoms with van der Waals surface area (Å²) >= 11 is 1.62. The molecule has 3 rings (SSSR count). The summed E-state index contributed by atoms with van der Waals surface area (Å²) in [6, 6.07) is 17.4. The molecule has 0 aliphatic rings. The monoisotopic (exact) mass is 381 g/mol. The molecule has 0 fully saturated rings. The van der Waals surface area contributed by atoms with Gasteiger partial charge < -0.3 is 14.8 Å². The van der Waals surface area contributed by atoms with Crippen molar-refractivity contribution in [1.29, 1.82) is 0 Å². The van der Waals surface area contributed by atoms with E-state index >= 15 is 0 Å². The zero-order valence-corrected chi connectivity index (χ0v) is 16.5. The maximum atomic E-state index is 13.0. The summed E-state index contributed by atoms with van der Waals surface area (Å²) in [6.07, 6.45) is 0.986. The Labute approximate surface area is 163 Å². The lowest BCUT2D eigenvalue weighted by molar-refractivity contribution is 0.0943. The van der Waals surface area contributed by atoms with Crippen LogP contribution >= 0.6 is 11.3 Å². The summed E-state index contributed by atoms with van der Waals surface area (Å²) in [4.78, 5) is 14.1. The maximum absolute atomic E-state index is 13.0. The second-order valence-corrected chi connectivity index (χ2v) is 7.10. The van der Waals surface area contributed by atoms with Gasteiger partial charge in [-0.15, -0.1) is 11.3 Å². The van der Waals surface area contributed by atoms with Crippen molar-refractivity contribution < 1.29 is 14.3 Å². The molecule has 0 saturated heterocycles. The van der Waals surface area contributed by atoms with E-state index in [1.165, 1.54) is 5.56 Å². The zero-order valence-electron chi connectivity index (χ0n) is 15.7. The summed E-state index contributed by atoms with van der Waals surface area (Å²) in [5.74, 6) is 0.990. The SMILES string of the molecule is CCc1ccc([C@@H](NC(=O)c2cc(OC)cc(OC)c2)c2cccs2)cc1. The average Bonchev–Trinajstić information content (AvgIpc) is 3.26. The summed E-state index contributed by atoms with van der Waals surface area (Å²) in [6.45, 7) is 2.13. The summed E-state index contributed by atoms with van der Waals surface area (Å²) in [7, 11) is 3.14. The number of thiophene rings is 1. The van der Waals surface area contributed by atoms with Gasteiger partial charge in [0.05, 0.1) is 20.3 Å². The van der Waals surface area contributed by atoms with Gasteiger partial charge in [0, 0.05) is 16.5 Å². The van der Waals surface area contributed by atoms with Gasteiger partial charge in [-0.3, -0.25) is 4.79 Å². The third-order valence-corrected chi connectivity index (χ3v) is 5.38. The molecule has 0 radical (unpaired) electrons. The molecule has 140 valence electrons. The number of methoxy groups -OCH3 is 2.